The van der Waals surface area contributed by atoms with Crippen LogP contribution in [0.4, 0.5) is 0 Å². The summed E-state index contributed by atoms with van der Waals surface area (Å²) < 4.78 is 5.46. The molecule has 6 nitrogen and oxygen atoms in total. The number of Topliss-reactive ketones (excluding diaryl/α,β-unsaturated/α-hetero) is 1. The van der Waals surface area contributed by atoms with Crippen molar-refractivity contribution in [3.05, 3.63) is 82.9 Å². The number of hydrogen-bond donors (Lipinski definition) is 1. The number of carbonyl (C=O) groups is 2. The summed E-state index contributed by atoms with van der Waals surface area (Å²) in [5.41, 5.74) is 1.13. The van der Waals surface area contributed by atoms with Crippen molar-refractivity contribution in [1.82, 2.24) is 9.80 Å². The van der Waals surface area contributed by atoms with Crippen LogP contribution in [0.5, 0.6) is 5.75 Å². The maximum atomic E-state index is 13.0. The highest BCUT2D eigenvalue weighted by molar-refractivity contribution is 6.46. The number of benzene rings is 2. The third kappa shape index (κ3) is 4.98. The number of aliphatic hydroxyl groups is 1. The molecule has 1 atom stereocenters. The van der Waals surface area contributed by atoms with E-state index in [9.17, 15) is 14.7 Å². The summed E-state index contributed by atoms with van der Waals surface area (Å²) >= 11 is 6.18. The van der Waals surface area contributed by atoms with Crippen molar-refractivity contribution in [3.63, 3.8) is 0 Å². The lowest BCUT2D eigenvalue weighted by Gasteiger charge is -2.26. The number of hydrogen-bond acceptors (Lipinski definition) is 5. The Balaban J connectivity index is 2.07. The van der Waals surface area contributed by atoms with Gasteiger partial charge in [-0.3, -0.25) is 9.59 Å². The highest BCUT2D eigenvalue weighted by Crippen LogP contribution is 2.40. The van der Waals surface area contributed by atoms with Crippen LogP contribution in [0.25, 0.3) is 5.76 Å². The molecule has 1 fully saturated rings. The molecular formula is C24H25ClN2O4. The number of amides is 1. The Morgan fingerprint density at radius 2 is 1.94 bits per heavy atom. The van der Waals surface area contributed by atoms with Gasteiger partial charge in [0, 0.05) is 23.7 Å². The van der Waals surface area contributed by atoms with Gasteiger partial charge in [-0.05, 0) is 56.1 Å². The zero-order chi connectivity index (χ0) is 22.5. The molecule has 1 saturated heterocycles. The lowest BCUT2D eigenvalue weighted by molar-refractivity contribution is -0.140. The van der Waals surface area contributed by atoms with E-state index in [-0.39, 0.29) is 11.3 Å². The van der Waals surface area contributed by atoms with Crippen LogP contribution in [0.2, 0.25) is 5.02 Å². The van der Waals surface area contributed by atoms with Gasteiger partial charge in [0.15, 0.2) is 0 Å². The minimum Gasteiger partial charge on any atom is -0.507 e. The zero-order valence-electron chi connectivity index (χ0n) is 17.5. The molecule has 162 valence electrons. The van der Waals surface area contributed by atoms with Crippen LogP contribution in [-0.2, 0) is 9.59 Å². The minimum absolute atomic E-state index is 0.0470. The Hall–Kier alpha value is -3.09. The number of nitrogens with zero attached hydrogens (tertiary/aromatic N) is 2. The number of ketones is 1. The van der Waals surface area contributed by atoms with E-state index in [1.165, 1.54) is 4.90 Å². The first-order valence-electron chi connectivity index (χ1n) is 9.86. The third-order valence-corrected chi connectivity index (χ3v) is 5.22. The lowest BCUT2D eigenvalue weighted by Crippen LogP contribution is -2.35. The summed E-state index contributed by atoms with van der Waals surface area (Å²) in [6, 6.07) is 12.9. The molecule has 0 radical (unpaired) electrons. The van der Waals surface area contributed by atoms with Crippen LogP contribution >= 0.6 is 11.6 Å². The van der Waals surface area contributed by atoms with Gasteiger partial charge in [0.1, 0.15) is 18.1 Å². The molecular weight excluding hydrogens is 416 g/mol. The molecule has 1 heterocycles. The standard InChI is InChI=1S/C24H25ClN2O4/c1-4-14-31-19-10-8-16(9-11-19)22(28)20-21(17-6-5-7-18(25)15-17)27(13-12-26(2)3)24(30)23(20)29/h4-11,15,21,28H,1,12-14H2,2-3H3/b22-20-. The summed E-state index contributed by atoms with van der Waals surface area (Å²) in [6.45, 7) is 4.87. The van der Waals surface area contributed by atoms with Crippen molar-refractivity contribution in [1.29, 1.82) is 0 Å². The number of likely N-dealkylation sites (N-methyl/N-ethyl adjacent to an activating group) is 1. The van der Waals surface area contributed by atoms with Gasteiger partial charge in [-0.25, -0.2) is 0 Å². The molecule has 0 saturated carbocycles. The SMILES string of the molecule is C=CCOc1ccc(/C(O)=C2/C(=O)C(=O)N(CCN(C)C)C2c2cccc(Cl)c2)cc1. The van der Waals surface area contributed by atoms with E-state index in [2.05, 4.69) is 6.58 Å². The van der Waals surface area contributed by atoms with Gasteiger partial charge < -0.3 is 19.6 Å². The molecule has 2 aromatic rings. The molecule has 7 heteroatoms. The van der Waals surface area contributed by atoms with E-state index < -0.39 is 17.7 Å². The highest BCUT2D eigenvalue weighted by atomic mass is 35.5. The second-order valence-corrected chi connectivity index (χ2v) is 7.91. The molecule has 1 aliphatic rings. The van der Waals surface area contributed by atoms with Crippen molar-refractivity contribution >= 4 is 29.1 Å². The van der Waals surface area contributed by atoms with Crippen molar-refractivity contribution in [2.24, 2.45) is 0 Å². The normalized spacial score (nSPS) is 17.9. The maximum Gasteiger partial charge on any atom is 0.295 e. The van der Waals surface area contributed by atoms with Gasteiger partial charge in [-0.15, -0.1) is 0 Å². The second-order valence-electron chi connectivity index (χ2n) is 7.47. The van der Waals surface area contributed by atoms with Crippen LogP contribution in [0.1, 0.15) is 17.2 Å². The summed E-state index contributed by atoms with van der Waals surface area (Å²) in [5.74, 6) is -0.979. The number of carbonyl (C=O) groups excluding carboxylic acids is 2. The molecule has 1 unspecified atom stereocenters. The van der Waals surface area contributed by atoms with Crippen LogP contribution in [0.3, 0.4) is 0 Å². The zero-order valence-corrected chi connectivity index (χ0v) is 18.3. The van der Waals surface area contributed by atoms with Crippen LogP contribution in [0, 0.1) is 0 Å². The molecule has 3 rings (SSSR count). The van der Waals surface area contributed by atoms with Crippen molar-refractivity contribution in [3.8, 4) is 5.75 Å². The average Bonchev–Trinajstić information content (AvgIpc) is 3.01. The third-order valence-electron chi connectivity index (χ3n) is 4.99. The van der Waals surface area contributed by atoms with Gasteiger partial charge in [0.25, 0.3) is 11.7 Å². The first-order valence-corrected chi connectivity index (χ1v) is 10.2. The van der Waals surface area contributed by atoms with E-state index in [4.69, 9.17) is 16.3 Å². The van der Waals surface area contributed by atoms with E-state index in [0.29, 0.717) is 41.6 Å². The Morgan fingerprint density at radius 3 is 2.55 bits per heavy atom. The van der Waals surface area contributed by atoms with E-state index in [1.54, 1.807) is 54.6 Å². The Bertz CT molecular complexity index is 1010. The first kappa shape index (κ1) is 22.6. The molecule has 0 spiro atoms. The van der Waals surface area contributed by atoms with Gasteiger partial charge in [-0.2, -0.15) is 0 Å². The number of halogens is 1. The molecule has 1 aliphatic heterocycles. The Kier molecular flexibility index (Phi) is 7.15. The number of rotatable bonds is 8. The largest absolute Gasteiger partial charge is 0.507 e. The number of aliphatic hydroxyl groups excluding tert-OH is 1. The van der Waals surface area contributed by atoms with Crippen LogP contribution < -0.4 is 4.74 Å². The molecule has 1 N–H and O–H groups in total. The van der Waals surface area contributed by atoms with Crippen molar-refractivity contribution in [2.75, 3.05) is 33.8 Å². The molecule has 1 amide bonds. The number of likely N-dealkylation sites (tertiary alicyclic amines) is 1. The molecule has 0 aliphatic carbocycles. The fourth-order valence-corrected chi connectivity index (χ4v) is 3.66. The molecule has 0 bridgehead atoms. The molecule has 0 aromatic heterocycles. The van der Waals surface area contributed by atoms with Gasteiger partial charge in [0.05, 0.1) is 11.6 Å². The summed E-state index contributed by atoms with van der Waals surface area (Å²) in [5, 5.41) is 11.5. The predicted octanol–water partition coefficient (Wildman–Crippen LogP) is 3.89. The number of ether oxygens (including phenoxy) is 1. The van der Waals surface area contributed by atoms with Crippen molar-refractivity contribution < 1.29 is 19.4 Å². The quantitative estimate of drug-likeness (QED) is 0.292. The van der Waals surface area contributed by atoms with E-state index >= 15 is 0 Å². The predicted molar refractivity (Wildman–Crippen MR) is 121 cm³/mol. The van der Waals surface area contributed by atoms with Crippen molar-refractivity contribution in [2.45, 2.75) is 6.04 Å². The monoisotopic (exact) mass is 440 g/mol. The fraction of sp³-hybridized carbons (Fsp3) is 0.250. The summed E-state index contributed by atoms with van der Waals surface area (Å²) in [7, 11) is 3.78. The van der Waals surface area contributed by atoms with Gasteiger partial charge >= 0.3 is 0 Å². The van der Waals surface area contributed by atoms with Crippen LogP contribution in [-0.4, -0.2) is 60.4 Å². The van der Waals surface area contributed by atoms with Gasteiger partial charge in [-0.1, -0.05) is 36.4 Å². The Labute approximate surface area is 187 Å². The minimum atomic E-state index is -0.727. The summed E-state index contributed by atoms with van der Waals surface area (Å²) in [6.07, 6.45) is 1.63. The molecule has 31 heavy (non-hydrogen) atoms. The maximum absolute atomic E-state index is 13.0. The summed E-state index contributed by atoms with van der Waals surface area (Å²) in [4.78, 5) is 29.2. The first-order chi connectivity index (χ1) is 14.8. The molecule has 2 aromatic carbocycles. The Morgan fingerprint density at radius 1 is 1.23 bits per heavy atom. The average molecular weight is 441 g/mol. The van der Waals surface area contributed by atoms with Crippen LogP contribution in [0.15, 0.2) is 66.8 Å². The highest BCUT2D eigenvalue weighted by Gasteiger charge is 2.45. The fourth-order valence-electron chi connectivity index (χ4n) is 3.46. The topological polar surface area (TPSA) is 70.1 Å². The van der Waals surface area contributed by atoms with E-state index in [0.717, 1.165) is 0 Å². The smallest absolute Gasteiger partial charge is 0.295 e. The lowest BCUT2D eigenvalue weighted by atomic mass is 9.95. The van der Waals surface area contributed by atoms with Gasteiger partial charge in [0.2, 0.25) is 0 Å². The second kappa shape index (κ2) is 9.81. The van der Waals surface area contributed by atoms with E-state index in [1.807, 2.05) is 19.0 Å².